The average molecular weight is 216 g/mol. The summed E-state index contributed by atoms with van der Waals surface area (Å²) in [5, 5.41) is 11.3. The molecule has 0 aromatic heterocycles. The quantitative estimate of drug-likeness (QED) is 0.572. The lowest BCUT2D eigenvalue weighted by Gasteiger charge is -2.16. The molecule has 0 aliphatic rings. The monoisotopic (exact) mass is 216 g/mol. The molecule has 1 unspecified atom stereocenters. The summed E-state index contributed by atoms with van der Waals surface area (Å²) in [7, 11) is 0. The Morgan fingerprint density at radius 3 is 2.47 bits per heavy atom. The molecule has 0 fully saturated rings. The molecule has 5 heteroatoms. The van der Waals surface area contributed by atoms with Gasteiger partial charge in [-0.1, -0.05) is 26.7 Å². The van der Waals surface area contributed by atoms with Gasteiger partial charge in [-0.05, 0) is 6.42 Å². The minimum absolute atomic E-state index is 0.228. The molecule has 0 saturated heterocycles. The number of hydrogen-bond donors (Lipinski definition) is 3. The summed E-state index contributed by atoms with van der Waals surface area (Å²) in [5.41, 5.74) is 5.32. The predicted octanol–water partition coefficient (Wildman–Crippen LogP) is 0.341. The number of nitrogens with one attached hydrogen (secondary N) is 1. The largest absolute Gasteiger partial charge is 0.480 e. The van der Waals surface area contributed by atoms with Crippen LogP contribution in [0, 0.1) is 5.92 Å². The van der Waals surface area contributed by atoms with Crippen molar-refractivity contribution in [2.24, 2.45) is 11.7 Å². The van der Waals surface area contributed by atoms with E-state index in [-0.39, 0.29) is 18.4 Å². The van der Waals surface area contributed by atoms with Crippen LogP contribution in [0.15, 0.2) is 0 Å². The van der Waals surface area contributed by atoms with Crippen LogP contribution in [0.4, 0.5) is 0 Å². The number of aliphatic carboxylic acids is 1. The molecule has 0 aromatic rings. The van der Waals surface area contributed by atoms with Crippen molar-refractivity contribution in [3.8, 4) is 0 Å². The zero-order valence-corrected chi connectivity index (χ0v) is 9.32. The van der Waals surface area contributed by atoms with E-state index in [1.165, 1.54) is 0 Å². The molecule has 0 aliphatic heterocycles. The van der Waals surface area contributed by atoms with E-state index in [0.29, 0.717) is 6.42 Å². The highest BCUT2D eigenvalue weighted by Crippen LogP contribution is 2.02. The van der Waals surface area contributed by atoms with Crippen molar-refractivity contribution in [3.05, 3.63) is 0 Å². The van der Waals surface area contributed by atoms with Crippen molar-refractivity contribution < 1.29 is 14.7 Å². The summed E-state index contributed by atoms with van der Waals surface area (Å²) in [4.78, 5) is 22.2. The zero-order chi connectivity index (χ0) is 11.8. The number of unbranched alkanes of at least 4 members (excludes halogenated alkanes) is 1. The molecule has 0 rings (SSSR count). The van der Waals surface area contributed by atoms with Crippen molar-refractivity contribution in [2.45, 2.75) is 39.2 Å². The van der Waals surface area contributed by atoms with E-state index in [2.05, 4.69) is 5.32 Å². The average Bonchev–Trinajstić information content (AvgIpc) is 2.22. The Morgan fingerprint density at radius 2 is 2.07 bits per heavy atom. The standard InChI is InChI=1S/C10H20N2O3/c1-3-4-5-8(10(14)15)12-9(13)7(2)6-11/h7-8H,3-6,11H2,1-2H3,(H,12,13)(H,14,15)/t7?,8-/m0/s1. The molecule has 0 aromatic carbocycles. The van der Waals surface area contributed by atoms with Gasteiger partial charge in [-0.25, -0.2) is 4.79 Å². The van der Waals surface area contributed by atoms with Crippen molar-refractivity contribution >= 4 is 11.9 Å². The number of carboxylic acids is 1. The van der Waals surface area contributed by atoms with E-state index in [1.54, 1.807) is 6.92 Å². The van der Waals surface area contributed by atoms with Crippen LogP contribution in [0.5, 0.6) is 0 Å². The molecule has 2 atom stereocenters. The van der Waals surface area contributed by atoms with Gasteiger partial charge in [0.25, 0.3) is 0 Å². The van der Waals surface area contributed by atoms with E-state index in [4.69, 9.17) is 10.8 Å². The first-order valence-electron chi connectivity index (χ1n) is 5.26. The molecule has 0 bridgehead atoms. The number of carbonyl (C=O) groups excluding carboxylic acids is 1. The molecule has 0 saturated carbocycles. The fraction of sp³-hybridized carbons (Fsp3) is 0.800. The molecule has 88 valence electrons. The van der Waals surface area contributed by atoms with Crippen molar-refractivity contribution in [1.29, 1.82) is 0 Å². The van der Waals surface area contributed by atoms with Crippen molar-refractivity contribution in [2.75, 3.05) is 6.54 Å². The first-order chi connectivity index (χ1) is 7.02. The van der Waals surface area contributed by atoms with Crippen LogP contribution in [0.2, 0.25) is 0 Å². The minimum atomic E-state index is -0.985. The van der Waals surface area contributed by atoms with Gasteiger partial charge in [0.1, 0.15) is 6.04 Å². The van der Waals surface area contributed by atoms with Crippen LogP contribution in [0.25, 0.3) is 0 Å². The molecule has 0 heterocycles. The van der Waals surface area contributed by atoms with Gasteiger partial charge in [-0.3, -0.25) is 4.79 Å². The maximum atomic E-state index is 11.4. The maximum absolute atomic E-state index is 11.4. The van der Waals surface area contributed by atoms with Gasteiger partial charge in [0.2, 0.25) is 5.91 Å². The van der Waals surface area contributed by atoms with Crippen LogP contribution in [-0.4, -0.2) is 29.6 Å². The molecule has 4 N–H and O–H groups in total. The topological polar surface area (TPSA) is 92.4 Å². The number of amides is 1. The molecular formula is C10H20N2O3. The lowest BCUT2D eigenvalue weighted by molar-refractivity contribution is -0.142. The van der Waals surface area contributed by atoms with E-state index in [1.807, 2.05) is 6.92 Å². The first kappa shape index (κ1) is 13.9. The maximum Gasteiger partial charge on any atom is 0.326 e. The second-order valence-electron chi connectivity index (χ2n) is 3.68. The van der Waals surface area contributed by atoms with E-state index < -0.39 is 12.0 Å². The van der Waals surface area contributed by atoms with E-state index in [0.717, 1.165) is 12.8 Å². The summed E-state index contributed by atoms with van der Waals surface area (Å²) in [6.07, 6.45) is 2.16. The molecule has 0 aliphatic carbocycles. The molecular weight excluding hydrogens is 196 g/mol. The molecule has 5 nitrogen and oxygen atoms in total. The highest BCUT2D eigenvalue weighted by Gasteiger charge is 2.21. The third-order valence-electron chi connectivity index (χ3n) is 2.26. The van der Waals surface area contributed by atoms with Crippen LogP contribution >= 0.6 is 0 Å². The lowest BCUT2D eigenvalue weighted by Crippen LogP contribution is -2.44. The van der Waals surface area contributed by atoms with E-state index >= 15 is 0 Å². The van der Waals surface area contributed by atoms with Gasteiger partial charge in [0, 0.05) is 12.5 Å². The highest BCUT2D eigenvalue weighted by atomic mass is 16.4. The normalized spacial score (nSPS) is 14.3. The van der Waals surface area contributed by atoms with Gasteiger partial charge in [0.05, 0.1) is 0 Å². The summed E-state index contributed by atoms with van der Waals surface area (Å²) in [6.45, 7) is 3.88. The van der Waals surface area contributed by atoms with Crippen molar-refractivity contribution in [1.82, 2.24) is 5.32 Å². The van der Waals surface area contributed by atoms with Gasteiger partial charge < -0.3 is 16.2 Å². The summed E-state index contributed by atoms with van der Waals surface area (Å²) in [5.74, 6) is -1.62. The van der Waals surface area contributed by atoms with E-state index in [9.17, 15) is 9.59 Å². The number of hydrogen-bond acceptors (Lipinski definition) is 3. The Hall–Kier alpha value is -1.10. The predicted molar refractivity (Wildman–Crippen MR) is 57.3 cm³/mol. The van der Waals surface area contributed by atoms with Gasteiger partial charge in [0.15, 0.2) is 0 Å². The zero-order valence-electron chi connectivity index (χ0n) is 9.32. The van der Waals surface area contributed by atoms with Gasteiger partial charge in [-0.2, -0.15) is 0 Å². The molecule has 0 spiro atoms. The van der Waals surface area contributed by atoms with Crippen molar-refractivity contribution in [3.63, 3.8) is 0 Å². The number of nitrogens with two attached hydrogens (primary N) is 1. The summed E-state index contributed by atoms with van der Waals surface area (Å²) in [6, 6.07) is -0.786. The number of carboxylic acid groups (broad SMARTS) is 1. The van der Waals surface area contributed by atoms with Crippen LogP contribution in [-0.2, 0) is 9.59 Å². The number of rotatable bonds is 7. The van der Waals surface area contributed by atoms with Crippen LogP contribution < -0.4 is 11.1 Å². The smallest absolute Gasteiger partial charge is 0.326 e. The SMILES string of the molecule is CCCC[C@H](NC(=O)C(C)CN)C(=O)O. The first-order valence-corrected chi connectivity index (χ1v) is 5.26. The number of carbonyl (C=O) groups is 2. The highest BCUT2D eigenvalue weighted by molar-refractivity contribution is 5.84. The van der Waals surface area contributed by atoms with Crippen LogP contribution in [0.3, 0.4) is 0 Å². The van der Waals surface area contributed by atoms with Gasteiger partial charge >= 0.3 is 5.97 Å². The Bertz CT molecular complexity index is 219. The Balaban J connectivity index is 4.16. The fourth-order valence-electron chi connectivity index (χ4n) is 1.09. The molecule has 15 heavy (non-hydrogen) atoms. The Labute approximate surface area is 90.0 Å². The summed E-state index contributed by atoms with van der Waals surface area (Å²) >= 11 is 0. The van der Waals surface area contributed by atoms with Crippen LogP contribution in [0.1, 0.15) is 33.1 Å². The Kier molecular flexibility index (Phi) is 6.70. The minimum Gasteiger partial charge on any atom is -0.480 e. The fourth-order valence-corrected chi connectivity index (χ4v) is 1.09. The third-order valence-corrected chi connectivity index (χ3v) is 2.26. The third kappa shape index (κ3) is 5.37. The summed E-state index contributed by atoms with van der Waals surface area (Å²) < 4.78 is 0. The Morgan fingerprint density at radius 1 is 1.47 bits per heavy atom. The second kappa shape index (κ2) is 7.23. The molecule has 1 amide bonds. The van der Waals surface area contributed by atoms with Gasteiger partial charge in [-0.15, -0.1) is 0 Å². The lowest BCUT2D eigenvalue weighted by atomic mass is 10.1. The molecule has 0 radical (unpaired) electrons. The second-order valence-corrected chi connectivity index (χ2v) is 3.68.